The molecule has 10 heteroatoms. The zero-order valence-electron chi connectivity index (χ0n) is 33.8. The number of hydrogen-bond donors (Lipinski definition) is 2. The molecule has 0 aromatic heterocycles. The predicted octanol–water partition coefficient (Wildman–Crippen LogP) is 8.12. The molecule has 6 atom stereocenters. The smallest absolute Gasteiger partial charge is 0.407 e. The van der Waals surface area contributed by atoms with Crippen LogP contribution in [0.4, 0.5) is 4.79 Å². The number of rotatable bonds is 16. The van der Waals surface area contributed by atoms with Crippen LogP contribution in [0.25, 0.3) is 6.08 Å². The lowest BCUT2D eigenvalue weighted by Crippen LogP contribution is -2.55. The van der Waals surface area contributed by atoms with Crippen molar-refractivity contribution in [3.63, 3.8) is 0 Å². The molecule has 1 heterocycles. The Bertz CT molecular complexity index is 1490. The molecule has 3 amide bonds. The molecule has 1 aliphatic heterocycles. The Morgan fingerprint density at radius 2 is 1.49 bits per heavy atom. The number of nitrogens with one attached hydrogen (secondary N) is 2. The fraction of sp³-hybridized carbons (Fsp3) is 0.581. The number of ether oxygens (including phenoxy) is 1. The van der Waals surface area contributed by atoms with Crippen LogP contribution in [-0.4, -0.2) is 68.4 Å². The van der Waals surface area contributed by atoms with E-state index in [9.17, 15) is 19.2 Å². The first-order valence-corrected chi connectivity index (χ1v) is 22.2. The third-order valence-electron chi connectivity index (χ3n) is 9.95. The summed E-state index contributed by atoms with van der Waals surface area (Å²) in [6.45, 7) is 20.9. The van der Waals surface area contributed by atoms with E-state index in [4.69, 9.17) is 9.16 Å². The number of carbonyl (C=O) groups excluding carboxylic acids is 4. The van der Waals surface area contributed by atoms with Crippen LogP contribution >= 0.6 is 0 Å². The highest BCUT2D eigenvalue weighted by Gasteiger charge is 2.43. The Morgan fingerprint density at radius 3 is 2.02 bits per heavy atom. The molecule has 0 aliphatic carbocycles. The zero-order valence-corrected chi connectivity index (χ0v) is 35.0. The zero-order chi connectivity index (χ0) is 39.3. The van der Waals surface area contributed by atoms with Crippen LogP contribution < -0.4 is 10.6 Å². The van der Waals surface area contributed by atoms with Gasteiger partial charge >= 0.3 is 6.09 Å². The number of alkyl carbamates (subject to hydrolysis) is 1. The molecular formula is C43H65N3O6Si. The van der Waals surface area contributed by atoms with Crippen LogP contribution in [0.1, 0.15) is 105 Å². The van der Waals surface area contributed by atoms with Crippen molar-refractivity contribution in [2.45, 2.75) is 124 Å². The molecule has 1 fully saturated rings. The number of piperidine rings is 1. The molecule has 2 aromatic carbocycles. The predicted molar refractivity (Wildman–Crippen MR) is 216 cm³/mol. The lowest BCUT2D eigenvalue weighted by Gasteiger charge is -2.43. The summed E-state index contributed by atoms with van der Waals surface area (Å²) in [6, 6.07) is 18.6. The highest BCUT2D eigenvalue weighted by molar-refractivity contribution is 6.48. The van der Waals surface area contributed by atoms with Crippen molar-refractivity contribution in [2.75, 3.05) is 13.1 Å². The van der Waals surface area contributed by atoms with E-state index >= 15 is 0 Å². The normalized spacial score (nSPS) is 17.5. The fourth-order valence-corrected chi connectivity index (χ4v) is 7.77. The second kappa shape index (κ2) is 20.1. The summed E-state index contributed by atoms with van der Waals surface area (Å²) in [5.41, 5.74) is 0.848. The molecule has 292 valence electrons. The first-order chi connectivity index (χ1) is 24.9. The molecule has 0 saturated carbocycles. The summed E-state index contributed by atoms with van der Waals surface area (Å²) in [5.74, 6) is -1.12. The lowest BCUT2D eigenvalue weighted by atomic mass is 9.69. The third-order valence-corrected chi connectivity index (χ3v) is 10.8. The van der Waals surface area contributed by atoms with Crippen LogP contribution in [0.5, 0.6) is 0 Å². The summed E-state index contributed by atoms with van der Waals surface area (Å²) < 4.78 is 12.6. The molecule has 1 saturated heterocycles. The maximum atomic E-state index is 14.7. The number of nitrogens with zero attached hydrogens (tertiary/aromatic N) is 1. The maximum Gasteiger partial charge on any atom is 0.407 e. The molecule has 0 radical (unpaired) electrons. The Labute approximate surface area is 320 Å². The number of carbonyl (C=O) groups is 4. The van der Waals surface area contributed by atoms with E-state index in [-0.39, 0.29) is 29.4 Å². The first kappa shape index (κ1) is 43.6. The largest absolute Gasteiger partial charge is 0.444 e. The fourth-order valence-electron chi connectivity index (χ4n) is 6.85. The molecule has 1 aliphatic rings. The summed E-state index contributed by atoms with van der Waals surface area (Å²) in [6.07, 6.45) is 5.21. The van der Waals surface area contributed by atoms with Crippen molar-refractivity contribution >= 4 is 38.8 Å². The monoisotopic (exact) mass is 747 g/mol. The van der Waals surface area contributed by atoms with E-state index in [1.165, 1.54) is 0 Å². The number of allylic oxidation sites excluding steroid dienone is 1. The minimum absolute atomic E-state index is 0.114. The van der Waals surface area contributed by atoms with Crippen LogP contribution in [0, 0.1) is 23.2 Å². The van der Waals surface area contributed by atoms with Gasteiger partial charge in [-0.1, -0.05) is 114 Å². The second-order valence-electron chi connectivity index (χ2n) is 16.9. The molecule has 3 rings (SSSR count). The topological polar surface area (TPSA) is 114 Å². The lowest BCUT2D eigenvalue weighted by molar-refractivity contribution is -0.141. The summed E-state index contributed by atoms with van der Waals surface area (Å²) in [7, 11) is -1.66. The minimum Gasteiger partial charge on any atom is -0.444 e. The van der Waals surface area contributed by atoms with Crippen molar-refractivity contribution in [1.29, 1.82) is 0 Å². The first-order valence-electron chi connectivity index (χ1n) is 19.4. The number of amides is 3. The molecule has 1 unspecified atom stereocenters. The highest BCUT2D eigenvalue weighted by atomic mass is 28.3. The minimum atomic E-state index is -1.66. The van der Waals surface area contributed by atoms with Crippen LogP contribution in [0.3, 0.4) is 0 Å². The number of benzene rings is 2. The van der Waals surface area contributed by atoms with E-state index in [0.29, 0.717) is 45.2 Å². The van der Waals surface area contributed by atoms with Gasteiger partial charge < -0.3 is 24.7 Å². The van der Waals surface area contributed by atoms with Gasteiger partial charge in [0.25, 0.3) is 0 Å². The van der Waals surface area contributed by atoms with Gasteiger partial charge in [-0.25, -0.2) is 4.79 Å². The standard InChI is InChI=1S/C43H65N3O6Si/c1-11-30(2)36(40(49)46-27-25-34(47)26-28-46)44-39(48)33(24-18-21-31-19-14-12-15-20-31)29-35(42(3,4)5)37(45-41(50)51-43(6,7)8)38(52-53(9)10)32-22-16-13-17-23-32/h12-23,30,33,35-38,53H,11,24-29H2,1-10H3,(H,44,48)(H,45,50)/t30-,33+,35+,36-,37-,38?/m0/s1. The van der Waals surface area contributed by atoms with Gasteiger partial charge in [0.1, 0.15) is 17.4 Å². The van der Waals surface area contributed by atoms with Gasteiger partial charge in [-0.15, -0.1) is 0 Å². The quantitative estimate of drug-likeness (QED) is 0.168. The average Bonchev–Trinajstić information content (AvgIpc) is 3.09. The maximum absolute atomic E-state index is 14.7. The van der Waals surface area contributed by atoms with Gasteiger partial charge in [0.15, 0.2) is 9.04 Å². The van der Waals surface area contributed by atoms with Crippen molar-refractivity contribution in [2.24, 2.45) is 23.2 Å². The molecule has 2 aromatic rings. The Kier molecular flexibility index (Phi) is 16.5. The van der Waals surface area contributed by atoms with Crippen LogP contribution in [0.15, 0.2) is 66.7 Å². The highest BCUT2D eigenvalue weighted by Crippen LogP contribution is 2.41. The molecule has 9 nitrogen and oxygen atoms in total. The molecule has 2 N–H and O–H groups in total. The molecule has 53 heavy (non-hydrogen) atoms. The van der Waals surface area contributed by atoms with Crippen LogP contribution in [-0.2, 0) is 23.5 Å². The van der Waals surface area contributed by atoms with Crippen molar-refractivity contribution in [3.05, 3.63) is 77.9 Å². The van der Waals surface area contributed by atoms with E-state index < -0.39 is 50.3 Å². The number of hydrogen-bond acceptors (Lipinski definition) is 6. The third kappa shape index (κ3) is 14.2. The number of likely N-dealkylation sites (tertiary alicyclic amines) is 1. The van der Waals surface area contributed by atoms with E-state index in [2.05, 4.69) is 44.5 Å². The SMILES string of the molecule is CC[C@H](C)[C@H](NC(=O)[C@H](CC=Cc1ccccc1)C[C@H]([C@H](NC(=O)OC(C)(C)C)C(O[SiH](C)C)c1ccccc1)C(C)(C)C)C(=O)N1CCC(=O)CC1. The summed E-state index contributed by atoms with van der Waals surface area (Å²) in [5, 5.41) is 6.44. The van der Waals surface area contributed by atoms with E-state index in [0.717, 1.165) is 11.1 Å². The van der Waals surface area contributed by atoms with Gasteiger partial charge in [0.2, 0.25) is 11.8 Å². The van der Waals surface area contributed by atoms with E-state index in [1.807, 2.05) is 107 Å². The average molecular weight is 748 g/mol. The van der Waals surface area contributed by atoms with Gasteiger partial charge in [-0.2, -0.15) is 0 Å². The Balaban J connectivity index is 2.10. The van der Waals surface area contributed by atoms with E-state index in [1.54, 1.807) is 4.90 Å². The van der Waals surface area contributed by atoms with Gasteiger partial charge in [-0.3, -0.25) is 14.4 Å². The van der Waals surface area contributed by atoms with Gasteiger partial charge in [0.05, 0.1) is 12.1 Å². The number of ketones is 1. The van der Waals surface area contributed by atoms with Crippen molar-refractivity contribution in [3.8, 4) is 0 Å². The molecular weight excluding hydrogens is 683 g/mol. The van der Waals surface area contributed by atoms with Crippen molar-refractivity contribution < 1.29 is 28.3 Å². The Hall–Kier alpha value is -3.76. The molecule has 0 bridgehead atoms. The second-order valence-corrected chi connectivity index (χ2v) is 19.2. The van der Waals surface area contributed by atoms with Gasteiger partial charge in [-0.05, 0) is 75.1 Å². The van der Waals surface area contributed by atoms with Crippen LogP contribution in [0.2, 0.25) is 13.1 Å². The molecule has 0 spiro atoms. The summed E-state index contributed by atoms with van der Waals surface area (Å²) >= 11 is 0. The number of Topliss-reactive ketones (excluding diaryl/α,β-unsaturated/α-hetero) is 1. The van der Waals surface area contributed by atoms with Crippen molar-refractivity contribution in [1.82, 2.24) is 15.5 Å². The van der Waals surface area contributed by atoms with Gasteiger partial charge in [0, 0.05) is 31.8 Å². The summed E-state index contributed by atoms with van der Waals surface area (Å²) in [4.78, 5) is 55.9. The Morgan fingerprint density at radius 1 is 0.906 bits per heavy atom.